The number of methoxy groups -OCH3 is 1. The molecule has 1 aromatic heterocycles. The number of carbonyl (C=O) groups excluding carboxylic acids is 2. The molecule has 0 bridgehead atoms. The van der Waals surface area contributed by atoms with Crippen LogP contribution in [0.3, 0.4) is 0 Å². The number of ether oxygens (including phenoxy) is 1. The zero-order chi connectivity index (χ0) is 14.9. The molecule has 0 aliphatic carbocycles. The van der Waals surface area contributed by atoms with Crippen LogP contribution in [-0.4, -0.2) is 52.7 Å². The van der Waals surface area contributed by atoms with Crippen molar-refractivity contribution < 1.29 is 19.4 Å². The number of esters is 1. The van der Waals surface area contributed by atoms with Crippen molar-refractivity contribution in [1.82, 2.24) is 9.88 Å². The van der Waals surface area contributed by atoms with Gasteiger partial charge in [-0.3, -0.25) is 4.79 Å². The molecule has 108 valence electrons. The van der Waals surface area contributed by atoms with E-state index in [1.54, 1.807) is 0 Å². The molecule has 2 unspecified atom stereocenters. The Morgan fingerprint density at radius 1 is 1.50 bits per heavy atom. The molecule has 2 rings (SSSR count). The molecular weight excluding hydrogens is 307 g/mol. The SMILES string of the molecule is COC(=O)C1CC(O)CN1C(=O)c1cnc(Cl)c(Cl)c1. The van der Waals surface area contributed by atoms with Crippen LogP contribution in [0.1, 0.15) is 16.8 Å². The number of aliphatic hydroxyl groups excluding tert-OH is 1. The summed E-state index contributed by atoms with van der Waals surface area (Å²) >= 11 is 11.5. The molecule has 1 amide bonds. The number of pyridine rings is 1. The number of hydrogen-bond donors (Lipinski definition) is 1. The van der Waals surface area contributed by atoms with Gasteiger partial charge in [-0.15, -0.1) is 0 Å². The minimum atomic E-state index is -0.808. The lowest BCUT2D eigenvalue weighted by Gasteiger charge is -2.22. The van der Waals surface area contributed by atoms with E-state index in [-0.39, 0.29) is 28.7 Å². The lowest BCUT2D eigenvalue weighted by molar-refractivity contribution is -0.145. The number of likely N-dealkylation sites (tertiary alicyclic amines) is 1. The highest BCUT2D eigenvalue weighted by Gasteiger charge is 2.40. The number of hydrogen-bond acceptors (Lipinski definition) is 5. The molecule has 2 atom stereocenters. The van der Waals surface area contributed by atoms with E-state index in [1.165, 1.54) is 24.3 Å². The maximum atomic E-state index is 12.4. The Bertz CT molecular complexity index is 552. The van der Waals surface area contributed by atoms with Crippen LogP contribution in [0.15, 0.2) is 12.3 Å². The van der Waals surface area contributed by atoms with Gasteiger partial charge in [0.05, 0.1) is 23.8 Å². The van der Waals surface area contributed by atoms with E-state index in [1.807, 2.05) is 0 Å². The highest BCUT2D eigenvalue weighted by atomic mass is 35.5. The number of aliphatic hydroxyl groups is 1. The second-order valence-electron chi connectivity index (χ2n) is 4.38. The summed E-state index contributed by atoms with van der Waals surface area (Å²) in [5, 5.41) is 9.88. The lowest BCUT2D eigenvalue weighted by atomic mass is 10.2. The zero-order valence-electron chi connectivity index (χ0n) is 10.5. The van der Waals surface area contributed by atoms with Crippen molar-refractivity contribution >= 4 is 35.1 Å². The smallest absolute Gasteiger partial charge is 0.328 e. The highest BCUT2D eigenvalue weighted by molar-refractivity contribution is 6.41. The van der Waals surface area contributed by atoms with Gasteiger partial charge in [-0.25, -0.2) is 9.78 Å². The molecule has 6 nitrogen and oxygen atoms in total. The maximum Gasteiger partial charge on any atom is 0.328 e. The molecule has 0 aromatic carbocycles. The Kier molecular flexibility index (Phi) is 4.47. The molecule has 1 aromatic rings. The molecule has 1 aliphatic rings. The van der Waals surface area contributed by atoms with Crippen LogP contribution in [-0.2, 0) is 9.53 Å². The molecule has 0 radical (unpaired) electrons. The number of amides is 1. The zero-order valence-corrected chi connectivity index (χ0v) is 12.1. The van der Waals surface area contributed by atoms with Crippen molar-refractivity contribution in [3.05, 3.63) is 28.0 Å². The average molecular weight is 319 g/mol. The number of nitrogens with zero attached hydrogens (tertiary/aromatic N) is 2. The van der Waals surface area contributed by atoms with Gasteiger partial charge in [0.1, 0.15) is 11.2 Å². The Labute approximate surface area is 125 Å². The van der Waals surface area contributed by atoms with Gasteiger partial charge in [0.25, 0.3) is 5.91 Å². The third kappa shape index (κ3) is 2.87. The number of rotatable bonds is 2. The van der Waals surface area contributed by atoms with Gasteiger partial charge in [-0.05, 0) is 6.07 Å². The molecule has 2 heterocycles. The summed E-state index contributed by atoms with van der Waals surface area (Å²) in [5.74, 6) is -1.02. The van der Waals surface area contributed by atoms with Crippen molar-refractivity contribution in [3.8, 4) is 0 Å². The minimum Gasteiger partial charge on any atom is -0.467 e. The number of halogens is 2. The molecule has 20 heavy (non-hydrogen) atoms. The van der Waals surface area contributed by atoms with Crippen LogP contribution in [0.5, 0.6) is 0 Å². The summed E-state index contributed by atoms with van der Waals surface area (Å²) in [6, 6.07) is 0.565. The molecule has 0 saturated carbocycles. The van der Waals surface area contributed by atoms with Gasteiger partial charge < -0.3 is 14.7 Å². The van der Waals surface area contributed by atoms with E-state index >= 15 is 0 Å². The monoisotopic (exact) mass is 318 g/mol. The number of carbonyl (C=O) groups is 2. The van der Waals surface area contributed by atoms with E-state index < -0.39 is 24.0 Å². The van der Waals surface area contributed by atoms with Gasteiger partial charge in [-0.1, -0.05) is 23.2 Å². The first-order chi connectivity index (χ1) is 9.43. The van der Waals surface area contributed by atoms with E-state index in [2.05, 4.69) is 9.72 Å². The summed E-state index contributed by atoms with van der Waals surface area (Å²) < 4.78 is 4.63. The molecule has 1 saturated heterocycles. The van der Waals surface area contributed by atoms with Crippen LogP contribution in [0.2, 0.25) is 10.2 Å². The Morgan fingerprint density at radius 2 is 2.20 bits per heavy atom. The minimum absolute atomic E-state index is 0.0544. The Balaban J connectivity index is 2.26. The van der Waals surface area contributed by atoms with Crippen LogP contribution in [0.25, 0.3) is 0 Å². The lowest BCUT2D eigenvalue weighted by Crippen LogP contribution is -2.41. The van der Waals surface area contributed by atoms with E-state index in [0.717, 1.165) is 0 Å². The third-order valence-corrected chi connectivity index (χ3v) is 3.74. The maximum absolute atomic E-state index is 12.4. The van der Waals surface area contributed by atoms with E-state index in [4.69, 9.17) is 23.2 Å². The number of β-amino-alcohol motifs (C(OH)–C–C–N with tert-alkyl or cyclic N) is 1. The second-order valence-corrected chi connectivity index (χ2v) is 5.15. The van der Waals surface area contributed by atoms with Crippen LogP contribution < -0.4 is 0 Å². The second kappa shape index (κ2) is 5.95. The predicted molar refractivity (Wildman–Crippen MR) is 71.7 cm³/mol. The van der Waals surface area contributed by atoms with Gasteiger partial charge in [-0.2, -0.15) is 0 Å². The summed E-state index contributed by atoms with van der Waals surface area (Å²) in [6.45, 7) is 0.0544. The summed E-state index contributed by atoms with van der Waals surface area (Å²) in [7, 11) is 1.23. The van der Waals surface area contributed by atoms with Crippen molar-refractivity contribution in [2.24, 2.45) is 0 Å². The quantitative estimate of drug-likeness (QED) is 0.653. The fraction of sp³-hybridized carbons (Fsp3) is 0.417. The molecule has 1 N–H and O–H groups in total. The topological polar surface area (TPSA) is 79.7 Å². The first-order valence-corrected chi connectivity index (χ1v) is 6.57. The Hall–Kier alpha value is -1.37. The summed E-state index contributed by atoms with van der Waals surface area (Å²) in [4.78, 5) is 29.0. The predicted octanol–water partition coefficient (Wildman–Crippen LogP) is 1.14. The van der Waals surface area contributed by atoms with E-state index in [0.29, 0.717) is 0 Å². The first-order valence-electron chi connectivity index (χ1n) is 5.82. The van der Waals surface area contributed by atoms with Crippen LogP contribution >= 0.6 is 23.2 Å². The fourth-order valence-corrected chi connectivity index (χ4v) is 2.37. The average Bonchev–Trinajstić information content (AvgIpc) is 2.82. The highest BCUT2D eigenvalue weighted by Crippen LogP contribution is 2.24. The van der Waals surface area contributed by atoms with Crippen LogP contribution in [0.4, 0.5) is 0 Å². The first kappa shape index (κ1) is 15.0. The molecule has 8 heteroatoms. The van der Waals surface area contributed by atoms with Gasteiger partial charge in [0, 0.05) is 19.2 Å². The molecule has 1 aliphatic heterocycles. The largest absolute Gasteiger partial charge is 0.467 e. The normalized spacial score (nSPS) is 21.9. The summed E-state index contributed by atoms with van der Waals surface area (Å²) in [5.41, 5.74) is 0.197. The van der Waals surface area contributed by atoms with Gasteiger partial charge in [0.15, 0.2) is 0 Å². The van der Waals surface area contributed by atoms with Crippen LogP contribution in [0, 0.1) is 0 Å². The fourth-order valence-electron chi connectivity index (χ4n) is 2.10. The van der Waals surface area contributed by atoms with E-state index in [9.17, 15) is 14.7 Å². The van der Waals surface area contributed by atoms with Gasteiger partial charge >= 0.3 is 5.97 Å². The molecule has 0 spiro atoms. The molecule has 1 fully saturated rings. The van der Waals surface area contributed by atoms with Crippen molar-refractivity contribution in [2.45, 2.75) is 18.6 Å². The standard InChI is InChI=1S/C12H12Cl2N2O4/c1-20-12(19)9-3-7(17)5-16(9)11(18)6-2-8(13)10(14)15-4-6/h2,4,7,9,17H,3,5H2,1H3. The van der Waals surface area contributed by atoms with Crippen molar-refractivity contribution in [2.75, 3.05) is 13.7 Å². The van der Waals surface area contributed by atoms with Crippen molar-refractivity contribution in [3.63, 3.8) is 0 Å². The molecular formula is C12H12Cl2N2O4. The number of aromatic nitrogens is 1. The summed E-state index contributed by atoms with van der Waals surface area (Å²) in [6.07, 6.45) is 0.654. The van der Waals surface area contributed by atoms with Gasteiger partial charge in [0.2, 0.25) is 0 Å². The third-order valence-electron chi connectivity index (χ3n) is 3.06. The Morgan fingerprint density at radius 3 is 2.80 bits per heavy atom. The van der Waals surface area contributed by atoms with Crippen molar-refractivity contribution in [1.29, 1.82) is 0 Å².